The Kier molecular flexibility index (Phi) is 3.15. The van der Waals surface area contributed by atoms with E-state index in [2.05, 4.69) is 11.9 Å². The van der Waals surface area contributed by atoms with Gasteiger partial charge in [0.05, 0.1) is 5.38 Å². The Morgan fingerprint density at radius 2 is 2.31 bits per heavy atom. The lowest BCUT2D eigenvalue weighted by Gasteiger charge is -2.18. The summed E-state index contributed by atoms with van der Waals surface area (Å²) in [6.07, 6.45) is 1.29. The van der Waals surface area contributed by atoms with Gasteiger partial charge in [0.2, 0.25) is 5.91 Å². The number of aromatic nitrogens is 1. The molecule has 1 aromatic heterocycles. The molecule has 3 nitrogen and oxygen atoms in total. The summed E-state index contributed by atoms with van der Waals surface area (Å²) in [5.74, 6) is 0.864. The van der Waals surface area contributed by atoms with Crippen LogP contribution in [-0.2, 0) is 11.2 Å². The predicted molar refractivity (Wildman–Crippen MR) is 65.0 cm³/mol. The van der Waals surface area contributed by atoms with Gasteiger partial charge in [0.1, 0.15) is 5.82 Å². The summed E-state index contributed by atoms with van der Waals surface area (Å²) in [5.41, 5.74) is 2.03. The molecule has 1 aliphatic heterocycles. The van der Waals surface area contributed by atoms with Crippen LogP contribution in [0.5, 0.6) is 0 Å². The van der Waals surface area contributed by atoms with Crippen molar-refractivity contribution in [2.24, 2.45) is 0 Å². The molecule has 4 heteroatoms. The van der Waals surface area contributed by atoms with Gasteiger partial charge < -0.3 is 0 Å². The van der Waals surface area contributed by atoms with Gasteiger partial charge in [-0.1, -0.05) is 13.0 Å². The van der Waals surface area contributed by atoms with Gasteiger partial charge in [0.15, 0.2) is 0 Å². The number of hydrogen-bond acceptors (Lipinski definition) is 2. The molecule has 0 aromatic carbocycles. The summed E-state index contributed by atoms with van der Waals surface area (Å²) in [5, 5.41) is -0.0838. The number of carbonyl (C=O) groups excluding carboxylic acids is 1. The van der Waals surface area contributed by atoms with E-state index in [1.54, 1.807) is 4.90 Å². The highest BCUT2D eigenvalue weighted by atomic mass is 35.5. The van der Waals surface area contributed by atoms with Crippen LogP contribution in [0.15, 0.2) is 12.1 Å². The van der Waals surface area contributed by atoms with Crippen LogP contribution in [0.1, 0.15) is 24.6 Å². The molecule has 0 radical (unpaired) electrons. The minimum absolute atomic E-state index is 0.0767. The van der Waals surface area contributed by atoms with Crippen molar-refractivity contribution < 1.29 is 4.79 Å². The first kappa shape index (κ1) is 11.4. The first-order valence-corrected chi connectivity index (χ1v) is 5.96. The number of halogens is 1. The van der Waals surface area contributed by atoms with Crippen molar-refractivity contribution in [3.63, 3.8) is 0 Å². The third-order valence-electron chi connectivity index (χ3n) is 2.81. The highest BCUT2D eigenvalue weighted by Gasteiger charge is 2.31. The van der Waals surface area contributed by atoms with Crippen LogP contribution in [0.4, 0.5) is 5.82 Å². The minimum Gasteiger partial charge on any atom is -0.295 e. The molecular weight excluding hydrogens is 224 g/mol. The molecule has 0 saturated carbocycles. The second kappa shape index (κ2) is 4.42. The third kappa shape index (κ3) is 2.05. The monoisotopic (exact) mass is 238 g/mol. The zero-order valence-corrected chi connectivity index (χ0v) is 10.3. The summed E-state index contributed by atoms with van der Waals surface area (Å²) >= 11 is 6.00. The predicted octanol–water partition coefficient (Wildman–Crippen LogP) is 2.30. The molecule has 0 spiro atoms. The van der Waals surface area contributed by atoms with Crippen LogP contribution in [-0.4, -0.2) is 22.8 Å². The first-order chi connectivity index (χ1) is 7.61. The van der Waals surface area contributed by atoms with Crippen LogP contribution in [0.25, 0.3) is 0 Å². The van der Waals surface area contributed by atoms with Crippen molar-refractivity contribution in [1.29, 1.82) is 0 Å². The van der Waals surface area contributed by atoms with Crippen molar-refractivity contribution in [2.45, 2.75) is 32.1 Å². The summed E-state index contributed by atoms with van der Waals surface area (Å²) in [7, 11) is 0. The van der Waals surface area contributed by atoms with E-state index in [-0.39, 0.29) is 11.3 Å². The van der Waals surface area contributed by atoms with E-state index in [1.165, 1.54) is 0 Å². The molecule has 86 valence electrons. The molecule has 1 aliphatic rings. The van der Waals surface area contributed by atoms with Gasteiger partial charge in [0, 0.05) is 18.7 Å². The van der Waals surface area contributed by atoms with Crippen molar-refractivity contribution in [2.75, 3.05) is 11.4 Å². The fourth-order valence-corrected chi connectivity index (χ4v) is 2.22. The quantitative estimate of drug-likeness (QED) is 0.741. The number of hydrogen-bond donors (Lipinski definition) is 0. The number of aryl methyl sites for hydroxylation is 2. The fraction of sp³-hybridized carbons (Fsp3) is 0.500. The van der Waals surface area contributed by atoms with Crippen molar-refractivity contribution in [3.05, 3.63) is 23.4 Å². The standard InChI is InChI=1S/C12H15ClN2O/c1-3-9-5-4-8(2)14-12(9)15-7-10(13)6-11(15)16/h4-5,10H,3,6-7H2,1-2H3. The largest absolute Gasteiger partial charge is 0.295 e. The molecule has 0 aliphatic carbocycles. The molecule has 0 N–H and O–H groups in total. The highest BCUT2D eigenvalue weighted by molar-refractivity contribution is 6.24. The van der Waals surface area contributed by atoms with Gasteiger partial charge in [-0.3, -0.25) is 9.69 Å². The van der Waals surface area contributed by atoms with Gasteiger partial charge in [-0.2, -0.15) is 0 Å². The molecule has 1 amide bonds. The number of alkyl halides is 1. The summed E-state index contributed by atoms with van der Waals surface area (Å²) in [6.45, 7) is 4.57. The van der Waals surface area contributed by atoms with Gasteiger partial charge in [-0.15, -0.1) is 11.6 Å². The lowest BCUT2D eigenvalue weighted by Crippen LogP contribution is -2.27. The van der Waals surface area contributed by atoms with E-state index in [4.69, 9.17) is 11.6 Å². The Hall–Kier alpha value is -1.09. The van der Waals surface area contributed by atoms with E-state index >= 15 is 0 Å². The van der Waals surface area contributed by atoms with Crippen LogP contribution in [0, 0.1) is 6.92 Å². The number of amides is 1. The fourth-order valence-electron chi connectivity index (χ4n) is 1.95. The lowest BCUT2D eigenvalue weighted by atomic mass is 10.2. The molecule has 2 heterocycles. The zero-order valence-electron chi connectivity index (χ0n) is 9.53. The minimum atomic E-state index is -0.0838. The number of rotatable bonds is 2. The maximum absolute atomic E-state index is 11.8. The summed E-state index contributed by atoms with van der Waals surface area (Å²) in [4.78, 5) is 17.9. The van der Waals surface area contributed by atoms with Gasteiger partial charge in [-0.25, -0.2) is 4.98 Å². The Bertz CT molecular complexity index is 419. The van der Waals surface area contributed by atoms with Crippen molar-refractivity contribution >= 4 is 23.3 Å². The SMILES string of the molecule is CCc1ccc(C)nc1N1CC(Cl)CC1=O. The Labute approximate surface area is 100 Å². The molecule has 2 rings (SSSR count). The first-order valence-electron chi connectivity index (χ1n) is 5.52. The zero-order chi connectivity index (χ0) is 11.7. The van der Waals surface area contributed by atoms with Crippen LogP contribution >= 0.6 is 11.6 Å². The Morgan fingerprint density at radius 3 is 2.88 bits per heavy atom. The molecule has 1 unspecified atom stereocenters. The van der Waals surface area contributed by atoms with Crippen molar-refractivity contribution in [1.82, 2.24) is 4.98 Å². The second-order valence-corrected chi connectivity index (χ2v) is 4.71. The van der Waals surface area contributed by atoms with Crippen LogP contribution in [0.3, 0.4) is 0 Å². The number of anilines is 1. The van der Waals surface area contributed by atoms with Crippen LogP contribution in [0.2, 0.25) is 0 Å². The summed E-state index contributed by atoms with van der Waals surface area (Å²) in [6, 6.07) is 4.01. The number of carbonyl (C=O) groups is 1. The third-order valence-corrected chi connectivity index (χ3v) is 3.10. The highest BCUT2D eigenvalue weighted by Crippen LogP contribution is 2.26. The van der Waals surface area contributed by atoms with Gasteiger partial charge in [0.25, 0.3) is 0 Å². The van der Waals surface area contributed by atoms with E-state index in [1.807, 2.05) is 19.1 Å². The Balaban J connectivity index is 2.39. The van der Waals surface area contributed by atoms with E-state index < -0.39 is 0 Å². The molecular formula is C12H15ClN2O. The average Bonchev–Trinajstić information content (AvgIpc) is 2.57. The topological polar surface area (TPSA) is 33.2 Å². The van der Waals surface area contributed by atoms with E-state index in [0.29, 0.717) is 13.0 Å². The molecule has 1 atom stereocenters. The second-order valence-electron chi connectivity index (χ2n) is 4.09. The number of nitrogens with zero attached hydrogens (tertiary/aromatic N) is 2. The normalized spacial score (nSPS) is 20.6. The van der Waals surface area contributed by atoms with Gasteiger partial charge >= 0.3 is 0 Å². The van der Waals surface area contributed by atoms with Crippen molar-refractivity contribution in [3.8, 4) is 0 Å². The maximum atomic E-state index is 11.8. The molecule has 0 bridgehead atoms. The maximum Gasteiger partial charge on any atom is 0.229 e. The number of pyridine rings is 1. The molecule has 1 saturated heterocycles. The molecule has 1 fully saturated rings. The average molecular weight is 239 g/mol. The van der Waals surface area contributed by atoms with E-state index in [0.717, 1.165) is 23.5 Å². The van der Waals surface area contributed by atoms with Gasteiger partial charge in [-0.05, 0) is 25.0 Å². The smallest absolute Gasteiger partial charge is 0.229 e. The lowest BCUT2D eigenvalue weighted by molar-refractivity contribution is -0.117. The van der Waals surface area contributed by atoms with Crippen LogP contribution < -0.4 is 4.90 Å². The van der Waals surface area contributed by atoms with E-state index in [9.17, 15) is 4.79 Å². The molecule has 1 aromatic rings. The summed E-state index contributed by atoms with van der Waals surface area (Å²) < 4.78 is 0. The molecule has 16 heavy (non-hydrogen) atoms. The Morgan fingerprint density at radius 1 is 1.56 bits per heavy atom.